The molecule has 0 fully saturated rings. The number of hydrogen-bond donors (Lipinski definition) is 3. The Balaban J connectivity index is 2.26. The van der Waals surface area contributed by atoms with Crippen molar-refractivity contribution >= 4 is 17.0 Å². The smallest absolute Gasteiger partial charge is 0.262 e. The monoisotopic (exact) mass is 279 g/mol. The Hall–Kier alpha value is -2.15. The third-order valence-electron chi connectivity index (χ3n) is 3.13. The molecule has 2 aromatic heterocycles. The molecule has 7 heteroatoms. The number of fused-ring (bicyclic) bond motifs is 1. The summed E-state index contributed by atoms with van der Waals surface area (Å²) in [6.45, 7) is 4.04. The molecule has 7 nitrogen and oxygen atoms in total. The fourth-order valence-electron chi connectivity index (χ4n) is 2.00. The molecule has 2 aromatic rings. The number of nitrogens with one attached hydrogen (secondary N) is 2. The molecule has 2 rings (SSSR count). The second kappa shape index (κ2) is 5.87. The molecule has 0 saturated carbocycles. The molecule has 0 aliphatic heterocycles. The third-order valence-corrected chi connectivity index (χ3v) is 3.13. The highest BCUT2D eigenvalue weighted by molar-refractivity contribution is 6.06. The number of aliphatic hydroxyl groups is 1. The van der Waals surface area contributed by atoms with E-state index >= 15 is 0 Å². The number of furan rings is 1. The van der Waals surface area contributed by atoms with E-state index in [4.69, 9.17) is 9.52 Å². The van der Waals surface area contributed by atoms with Crippen molar-refractivity contribution in [2.24, 2.45) is 5.92 Å². The van der Waals surface area contributed by atoms with E-state index in [0.29, 0.717) is 18.7 Å². The van der Waals surface area contributed by atoms with Gasteiger partial charge in [-0.1, -0.05) is 6.92 Å². The highest BCUT2D eigenvalue weighted by Gasteiger charge is 2.21. The summed E-state index contributed by atoms with van der Waals surface area (Å²) in [6.07, 6.45) is 1.84. The van der Waals surface area contributed by atoms with Gasteiger partial charge in [0, 0.05) is 13.2 Å². The predicted octanol–water partition coefficient (Wildman–Crippen LogP) is 0.573. The zero-order valence-corrected chi connectivity index (χ0v) is 11.4. The van der Waals surface area contributed by atoms with Crippen molar-refractivity contribution in [2.45, 2.75) is 20.3 Å². The maximum absolute atomic E-state index is 12.2. The van der Waals surface area contributed by atoms with Gasteiger partial charge in [0.2, 0.25) is 5.71 Å². The topological polar surface area (TPSA) is 108 Å². The van der Waals surface area contributed by atoms with Crippen LogP contribution in [0.2, 0.25) is 0 Å². The van der Waals surface area contributed by atoms with Crippen molar-refractivity contribution in [3.05, 3.63) is 28.0 Å². The van der Waals surface area contributed by atoms with E-state index in [0.717, 1.165) is 0 Å². The maximum atomic E-state index is 12.2. The Morgan fingerprint density at radius 3 is 3.05 bits per heavy atom. The maximum Gasteiger partial charge on any atom is 0.262 e. The lowest BCUT2D eigenvalue weighted by Gasteiger charge is -2.10. The number of aliphatic hydroxyl groups excluding tert-OH is 1. The first-order chi connectivity index (χ1) is 9.54. The van der Waals surface area contributed by atoms with E-state index < -0.39 is 5.56 Å². The van der Waals surface area contributed by atoms with Crippen LogP contribution < -0.4 is 10.9 Å². The zero-order chi connectivity index (χ0) is 14.7. The van der Waals surface area contributed by atoms with E-state index in [-0.39, 0.29) is 35.1 Å². The molecule has 1 unspecified atom stereocenters. The lowest BCUT2D eigenvalue weighted by Crippen LogP contribution is -2.29. The molecule has 0 spiro atoms. The highest BCUT2D eigenvalue weighted by Crippen LogP contribution is 2.20. The summed E-state index contributed by atoms with van der Waals surface area (Å²) in [5.74, 6) is 0.139. The SMILES string of the molecule is Cc1oc2nc[nH]c(=O)c2c1C(=O)NCC(C)CCO. The molecule has 2 heterocycles. The molecular formula is C13H17N3O4. The first-order valence-corrected chi connectivity index (χ1v) is 6.40. The number of aryl methyl sites for hydroxylation is 1. The Morgan fingerprint density at radius 2 is 2.35 bits per heavy atom. The number of carbonyl (C=O) groups is 1. The van der Waals surface area contributed by atoms with Crippen LogP contribution in [-0.2, 0) is 0 Å². The van der Waals surface area contributed by atoms with E-state index in [1.54, 1.807) is 6.92 Å². The fraction of sp³-hybridized carbons (Fsp3) is 0.462. The van der Waals surface area contributed by atoms with Gasteiger partial charge >= 0.3 is 0 Å². The Morgan fingerprint density at radius 1 is 1.60 bits per heavy atom. The van der Waals surface area contributed by atoms with Crippen LogP contribution in [0.1, 0.15) is 29.5 Å². The van der Waals surface area contributed by atoms with E-state index in [2.05, 4.69) is 15.3 Å². The fourth-order valence-corrected chi connectivity index (χ4v) is 2.00. The van der Waals surface area contributed by atoms with Crippen LogP contribution >= 0.6 is 0 Å². The van der Waals surface area contributed by atoms with Gasteiger partial charge in [-0.3, -0.25) is 9.59 Å². The molecule has 0 aliphatic carbocycles. The first-order valence-electron chi connectivity index (χ1n) is 6.40. The quantitative estimate of drug-likeness (QED) is 0.741. The number of aromatic nitrogens is 2. The van der Waals surface area contributed by atoms with Crippen molar-refractivity contribution in [1.29, 1.82) is 0 Å². The molecule has 1 atom stereocenters. The van der Waals surface area contributed by atoms with Crippen LogP contribution in [0.15, 0.2) is 15.5 Å². The molecule has 1 amide bonds. The molecule has 0 radical (unpaired) electrons. The van der Waals surface area contributed by atoms with Gasteiger partial charge in [-0.05, 0) is 19.3 Å². The van der Waals surface area contributed by atoms with Crippen molar-refractivity contribution in [3.8, 4) is 0 Å². The molecule has 0 saturated heterocycles. The molecule has 3 N–H and O–H groups in total. The summed E-state index contributed by atoms with van der Waals surface area (Å²) in [5.41, 5.74) is -0.0363. The molecule has 0 aromatic carbocycles. The van der Waals surface area contributed by atoms with Gasteiger partial charge < -0.3 is 19.8 Å². The van der Waals surface area contributed by atoms with Crippen molar-refractivity contribution in [3.63, 3.8) is 0 Å². The van der Waals surface area contributed by atoms with E-state index in [1.165, 1.54) is 6.33 Å². The predicted molar refractivity (Wildman–Crippen MR) is 72.6 cm³/mol. The van der Waals surface area contributed by atoms with Crippen molar-refractivity contribution in [1.82, 2.24) is 15.3 Å². The Kier molecular flexibility index (Phi) is 4.19. The van der Waals surface area contributed by atoms with Crippen LogP contribution in [0.3, 0.4) is 0 Å². The summed E-state index contributed by atoms with van der Waals surface area (Å²) in [6, 6.07) is 0. The zero-order valence-electron chi connectivity index (χ0n) is 11.4. The van der Waals surface area contributed by atoms with Gasteiger partial charge in [-0.25, -0.2) is 4.98 Å². The normalized spacial score (nSPS) is 12.6. The van der Waals surface area contributed by atoms with Gasteiger partial charge in [0.15, 0.2) is 0 Å². The molecule has 108 valence electrons. The Bertz CT molecular complexity index is 674. The third kappa shape index (κ3) is 2.72. The molecular weight excluding hydrogens is 262 g/mol. The summed E-state index contributed by atoms with van der Waals surface area (Å²) in [4.78, 5) is 30.3. The summed E-state index contributed by atoms with van der Waals surface area (Å²) in [7, 11) is 0. The Labute approximate surface area is 115 Å². The van der Waals surface area contributed by atoms with Crippen LogP contribution in [0, 0.1) is 12.8 Å². The van der Waals surface area contributed by atoms with Crippen molar-refractivity contribution < 1.29 is 14.3 Å². The van der Waals surface area contributed by atoms with E-state index in [9.17, 15) is 9.59 Å². The minimum absolute atomic E-state index is 0.0777. The second-order valence-corrected chi connectivity index (χ2v) is 4.77. The first kappa shape index (κ1) is 14.3. The van der Waals surface area contributed by atoms with Crippen LogP contribution in [0.5, 0.6) is 0 Å². The van der Waals surface area contributed by atoms with Crippen LogP contribution in [-0.4, -0.2) is 34.1 Å². The van der Waals surface area contributed by atoms with Crippen LogP contribution in [0.4, 0.5) is 0 Å². The molecule has 0 bridgehead atoms. The number of nitrogens with zero attached hydrogens (tertiary/aromatic N) is 1. The standard InChI is InChI=1S/C13H17N3O4/c1-7(3-4-17)5-14-11(18)9-8(2)20-13-10(9)12(19)15-6-16-13/h6-7,17H,3-5H2,1-2H3,(H,14,18)(H,15,16,19). The van der Waals surface area contributed by atoms with Gasteiger partial charge in [-0.2, -0.15) is 0 Å². The minimum atomic E-state index is -0.402. The van der Waals surface area contributed by atoms with Gasteiger partial charge in [0.25, 0.3) is 11.5 Å². The molecule has 0 aliphatic rings. The average molecular weight is 279 g/mol. The lowest BCUT2D eigenvalue weighted by atomic mass is 10.1. The number of H-pyrrole nitrogens is 1. The van der Waals surface area contributed by atoms with Gasteiger partial charge in [0.05, 0.1) is 11.9 Å². The van der Waals surface area contributed by atoms with E-state index in [1.807, 2.05) is 6.92 Å². The number of aromatic amines is 1. The number of rotatable bonds is 5. The second-order valence-electron chi connectivity index (χ2n) is 4.77. The van der Waals surface area contributed by atoms with Crippen molar-refractivity contribution in [2.75, 3.05) is 13.2 Å². The largest absolute Gasteiger partial charge is 0.442 e. The molecule has 20 heavy (non-hydrogen) atoms. The summed E-state index contributed by atoms with van der Waals surface area (Å²) in [5, 5.41) is 11.7. The lowest BCUT2D eigenvalue weighted by molar-refractivity contribution is 0.0945. The minimum Gasteiger partial charge on any atom is -0.442 e. The van der Waals surface area contributed by atoms with Gasteiger partial charge in [-0.15, -0.1) is 0 Å². The summed E-state index contributed by atoms with van der Waals surface area (Å²) < 4.78 is 5.32. The number of amides is 1. The number of carbonyl (C=O) groups excluding carboxylic acids is 1. The van der Waals surface area contributed by atoms with Crippen LogP contribution in [0.25, 0.3) is 11.1 Å². The summed E-state index contributed by atoms with van der Waals surface area (Å²) >= 11 is 0. The number of hydrogen-bond acceptors (Lipinski definition) is 5. The highest BCUT2D eigenvalue weighted by atomic mass is 16.3. The van der Waals surface area contributed by atoms with Gasteiger partial charge in [0.1, 0.15) is 11.1 Å². The average Bonchev–Trinajstić information content (AvgIpc) is 2.74.